The van der Waals surface area contributed by atoms with E-state index >= 15 is 0 Å². The van der Waals surface area contributed by atoms with Gasteiger partial charge in [0, 0.05) is 41.8 Å². The molecule has 52 heavy (non-hydrogen) atoms. The number of carbonyl (C=O) groups excluding carboxylic acids is 1. The molecular weight excluding hydrogens is 641 g/mol. The van der Waals surface area contributed by atoms with Crippen molar-refractivity contribution in [2.24, 2.45) is 9.98 Å². The van der Waals surface area contributed by atoms with Crippen LogP contribution in [0.4, 0.5) is 0 Å². The smallest absolute Gasteiger partial charge is 0.160 e. The van der Waals surface area contributed by atoms with Gasteiger partial charge in [-0.25, -0.2) is 9.98 Å². The Morgan fingerprint density at radius 1 is 0.596 bits per heavy atom. The highest BCUT2D eigenvalue weighted by molar-refractivity contribution is 6.13. The molecule has 1 aliphatic carbocycles. The van der Waals surface area contributed by atoms with Crippen LogP contribution in [0.5, 0.6) is 0 Å². The summed E-state index contributed by atoms with van der Waals surface area (Å²) in [5.74, 6) is 0.645. The second-order valence-electron chi connectivity index (χ2n) is 12.6. The van der Waals surface area contributed by atoms with Gasteiger partial charge in [-0.05, 0) is 95.5 Å². The molecule has 258 valence electrons. The summed E-state index contributed by atoms with van der Waals surface area (Å²) in [4.78, 5) is 18.2. The van der Waals surface area contributed by atoms with Crippen LogP contribution < -0.4 is 0 Å². The van der Waals surface area contributed by atoms with Gasteiger partial charge in [-0.1, -0.05) is 116 Å². The average molecular weight is 683 g/mol. The topological polar surface area (TPSA) is 64.2 Å². The highest BCUT2D eigenvalue weighted by Crippen LogP contribution is 2.37. The van der Waals surface area contributed by atoms with Crippen LogP contribution >= 0.6 is 0 Å². The minimum atomic E-state index is 0.639. The number of furan rings is 1. The predicted octanol–water partition coefficient (Wildman–Crippen LogP) is 11.4. The number of methoxy groups -OCH3 is 1. The van der Waals surface area contributed by atoms with Crippen LogP contribution in [0, 0.1) is 0 Å². The molecule has 0 saturated carbocycles. The Balaban J connectivity index is 0.000000884. The average Bonchev–Trinajstić information content (AvgIpc) is 3.47. The van der Waals surface area contributed by atoms with Crippen LogP contribution in [-0.4, -0.2) is 32.6 Å². The van der Waals surface area contributed by atoms with Crippen LogP contribution in [0.1, 0.15) is 41.2 Å². The number of fused-ring (bicyclic) bond motifs is 6. The van der Waals surface area contributed by atoms with Gasteiger partial charge < -0.3 is 13.9 Å². The molecule has 0 spiro atoms. The predicted molar refractivity (Wildman–Crippen MR) is 217 cm³/mol. The lowest BCUT2D eigenvalue weighted by Gasteiger charge is -2.14. The summed E-state index contributed by atoms with van der Waals surface area (Å²) >= 11 is 0. The molecule has 1 aromatic heterocycles. The maximum atomic E-state index is 8.00. The van der Waals surface area contributed by atoms with E-state index in [1.54, 1.807) is 14.2 Å². The van der Waals surface area contributed by atoms with Gasteiger partial charge in [-0.15, -0.1) is 0 Å². The molecule has 0 saturated heterocycles. The van der Waals surface area contributed by atoms with Gasteiger partial charge in [0.05, 0.1) is 5.70 Å². The fourth-order valence-electron chi connectivity index (χ4n) is 6.68. The minimum Gasteiger partial charge on any atom is -0.456 e. The van der Waals surface area contributed by atoms with E-state index < -0.39 is 0 Å². The molecule has 1 heterocycles. The van der Waals surface area contributed by atoms with Gasteiger partial charge >= 0.3 is 0 Å². The van der Waals surface area contributed by atoms with Crippen molar-refractivity contribution in [3.63, 3.8) is 0 Å². The number of hydrogen-bond donors (Lipinski definition) is 0. The monoisotopic (exact) mass is 682 g/mol. The molecule has 1 aliphatic rings. The van der Waals surface area contributed by atoms with Crippen molar-refractivity contribution in [2.45, 2.75) is 26.2 Å². The quantitative estimate of drug-likeness (QED) is 0.134. The summed E-state index contributed by atoms with van der Waals surface area (Å²) < 4.78 is 10.4. The molecule has 0 atom stereocenters. The van der Waals surface area contributed by atoms with Gasteiger partial charge in [-0.3, -0.25) is 0 Å². The molecular formula is C47H42N2O3. The Kier molecular flexibility index (Phi) is 11.4. The third-order valence-electron chi connectivity index (χ3n) is 9.18. The van der Waals surface area contributed by atoms with Gasteiger partial charge in [-0.2, -0.15) is 0 Å². The number of aliphatic imine (C=N–C) groups is 2. The Morgan fingerprint density at radius 2 is 1.25 bits per heavy atom. The van der Waals surface area contributed by atoms with Crippen molar-refractivity contribution in [1.29, 1.82) is 0 Å². The first-order valence-corrected chi connectivity index (χ1v) is 17.3. The molecule has 8 rings (SSSR count). The summed E-state index contributed by atoms with van der Waals surface area (Å²) in [6.45, 7) is 8.44. The van der Waals surface area contributed by atoms with Crippen molar-refractivity contribution >= 4 is 46.0 Å². The summed E-state index contributed by atoms with van der Waals surface area (Å²) in [6.07, 6.45) is 3.15. The lowest BCUT2D eigenvalue weighted by atomic mass is 9.92. The van der Waals surface area contributed by atoms with E-state index in [4.69, 9.17) is 19.2 Å². The SMILES string of the molecule is C=C(N=C(N=C(C)c1ccccc1)c1ccc2c(c1)CCCc1ccc(-c3ccccc3)cc1-2)c1ccc2c(c1)oc1ccccc12.C=O.COC. The highest BCUT2D eigenvalue weighted by atomic mass is 16.4. The zero-order chi connectivity index (χ0) is 36.5. The zero-order valence-corrected chi connectivity index (χ0v) is 29.9. The molecule has 6 aromatic carbocycles. The molecule has 7 aromatic rings. The van der Waals surface area contributed by atoms with Crippen molar-refractivity contribution in [3.05, 3.63) is 174 Å². The van der Waals surface area contributed by atoms with Gasteiger partial charge in [0.2, 0.25) is 0 Å². The lowest BCUT2D eigenvalue weighted by molar-refractivity contribution is -0.0980. The second kappa shape index (κ2) is 16.7. The van der Waals surface area contributed by atoms with Crippen molar-refractivity contribution in [2.75, 3.05) is 14.2 Å². The summed E-state index contributed by atoms with van der Waals surface area (Å²) in [7, 11) is 3.25. The van der Waals surface area contributed by atoms with E-state index in [9.17, 15) is 0 Å². The van der Waals surface area contributed by atoms with Gasteiger partial charge in [0.25, 0.3) is 0 Å². The highest BCUT2D eigenvalue weighted by Gasteiger charge is 2.18. The van der Waals surface area contributed by atoms with Gasteiger partial charge in [0.15, 0.2) is 5.84 Å². The number of hydrogen-bond acceptors (Lipinski definition) is 4. The third kappa shape index (κ3) is 7.75. The van der Waals surface area contributed by atoms with Crippen molar-refractivity contribution in [1.82, 2.24) is 0 Å². The van der Waals surface area contributed by atoms with E-state index in [1.165, 1.54) is 33.4 Å². The molecule has 0 amide bonds. The third-order valence-corrected chi connectivity index (χ3v) is 9.18. The Morgan fingerprint density at radius 3 is 2.02 bits per heavy atom. The van der Waals surface area contributed by atoms with Crippen LogP contribution in [0.3, 0.4) is 0 Å². The van der Waals surface area contributed by atoms with Crippen LogP contribution in [0.2, 0.25) is 0 Å². The van der Waals surface area contributed by atoms with Crippen molar-refractivity contribution < 1.29 is 13.9 Å². The fraction of sp³-hybridized carbons (Fsp3) is 0.128. The first kappa shape index (κ1) is 35.6. The van der Waals surface area contributed by atoms with Crippen LogP contribution in [0.15, 0.2) is 161 Å². The number of para-hydroxylation sites is 1. The fourth-order valence-corrected chi connectivity index (χ4v) is 6.68. The zero-order valence-electron chi connectivity index (χ0n) is 29.9. The Hall–Kier alpha value is -6.17. The Labute approximate surface area is 305 Å². The number of rotatable bonds is 5. The summed E-state index contributed by atoms with van der Waals surface area (Å²) in [6, 6.07) is 48.8. The molecule has 0 bridgehead atoms. The first-order valence-electron chi connectivity index (χ1n) is 17.3. The van der Waals surface area contributed by atoms with E-state index in [0.29, 0.717) is 11.5 Å². The summed E-state index contributed by atoms with van der Waals surface area (Å²) in [5.41, 5.74) is 14.0. The number of carbonyl (C=O) groups is 1. The number of nitrogens with zero attached hydrogens (tertiary/aromatic N) is 2. The maximum absolute atomic E-state index is 8.00. The number of ether oxygens (including phenoxy) is 1. The lowest BCUT2D eigenvalue weighted by Crippen LogP contribution is -2.05. The molecule has 0 unspecified atom stereocenters. The number of aryl methyl sites for hydroxylation is 2. The normalized spacial score (nSPS) is 12.4. The van der Waals surface area contributed by atoms with Gasteiger partial charge in [0.1, 0.15) is 18.0 Å². The van der Waals surface area contributed by atoms with E-state index in [1.807, 2.05) is 56.2 Å². The van der Waals surface area contributed by atoms with Crippen molar-refractivity contribution in [3.8, 4) is 22.3 Å². The maximum Gasteiger partial charge on any atom is 0.160 e. The van der Waals surface area contributed by atoms with Crippen LogP contribution in [-0.2, 0) is 22.4 Å². The summed E-state index contributed by atoms with van der Waals surface area (Å²) in [5, 5.41) is 2.19. The van der Waals surface area contributed by atoms with E-state index in [0.717, 1.165) is 63.6 Å². The largest absolute Gasteiger partial charge is 0.456 e. The number of benzene rings is 6. The van der Waals surface area contributed by atoms with E-state index in [2.05, 4.69) is 108 Å². The first-order chi connectivity index (χ1) is 25.5. The molecule has 0 radical (unpaired) electrons. The Bertz CT molecular complexity index is 2390. The second-order valence-corrected chi connectivity index (χ2v) is 12.6. The van der Waals surface area contributed by atoms with Crippen LogP contribution in [0.25, 0.3) is 49.9 Å². The molecule has 5 heteroatoms. The number of amidine groups is 1. The molecule has 0 N–H and O–H groups in total. The van der Waals surface area contributed by atoms with E-state index in [-0.39, 0.29) is 0 Å². The molecule has 5 nitrogen and oxygen atoms in total. The molecule has 0 aliphatic heterocycles. The standard InChI is InChI=1S/C44H34N2O.C2H6O.CH2O/c1-29(31-12-5-3-6-13-31)45-44(46-30(2)34-22-25-40-39-18-9-10-19-42(39)47-43(40)28-34)37-23-24-38-36(26-37)17-11-16-33-20-21-35(27-41(33)38)32-14-7-4-8-15-32;1-3-2;1-2/h3-10,12-15,18-28H,2,11,16-17H2,1H3;1-2H3;1H2. The minimum absolute atomic E-state index is 0.639. The molecule has 0 fully saturated rings.